The van der Waals surface area contributed by atoms with Crippen molar-refractivity contribution in [1.82, 2.24) is 10.3 Å². The summed E-state index contributed by atoms with van der Waals surface area (Å²) in [4.78, 5) is 4.27. The molecule has 0 bridgehead atoms. The summed E-state index contributed by atoms with van der Waals surface area (Å²) in [5.74, 6) is 0.947. The molecule has 0 aliphatic heterocycles. The Kier molecular flexibility index (Phi) is 4.26. The lowest BCUT2D eigenvalue weighted by molar-refractivity contribution is 0.724. The predicted molar refractivity (Wildman–Crippen MR) is 55.8 cm³/mol. The molecule has 0 atom stereocenters. The molecule has 0 saturated heterocycles. The van der Waals surface area contributed by atoms with E-state index in [4.69, 9.17) is 0 Å². The molecule has 0 aliphatic rings. The molecule has 0 unspecified atom stereocenters. The van der Waals surface area contributed by atoms with Gasteiger partial charge < -0.3 is 10.6 Å². The highest BCUT2D eigenvalue weighted by molar-refractivity contribution is 5.35. The van der Waals surface area contributed by atoms with Gasteiger partial charge in [-0.3, -0.25) is 0 Å². The molecule has 3 nitrogen and oxygen atoms in total. The number of hydrogen-bond donors (Lipinski definition) is 2. The third-order valence-electron chi connectivity index (χ3n) is 1.76. The maximum atomic E-state index is 4.27. The number of rotatable bonds is 5. The number of hydrogen-bond acceptors (Lipinski definition) is 3. The van der Waals surface area contributed by atoms with E-state index in [1.807, 2.05) is 12.3 Å². The van der Waals surface area contributed by atoms with Crippen LogP contribution >= 0.6 is 0 Å². The zero-order chi connectivity index (χ0) is 9.52. The number of nitrogens with zero attached hydrogens (tertiary/aromatic N) is 1. The van der Waals surface area contributed by atoms with Crippen molar-refractivity contribution in [2.75, 3.05) is 18.4 Å². The van der Waals surface area contributed by atoms with E-state index in [1.54, 1.807) is 0 Å². The van der Waals surface area contributed by atoms with Crippen molar-refractivity contribution in [2.45, 2.75) is 20.4 Å². The number of anilines is 1. The van der Waals surface area contributed by atoms with Crippen LogP contribution in [0.15, 0.2) is 18.3 Å². The minimum atomic E-state index is 0.899. The Balaban J connectivity index is 2.48. The van der Waals surface area contributed by atoms with Crippen molar-refractivity contribution in [3.63, 3.8) is 0 Å². The second kappa shape index (κ2) is 5.54. The maximum absolute atomic E-state index is 4.27. The molecule has 0 amide bonds. The van der Waals surface area contributed by atoms with Gasteiger partial charge in [-0.1, -0.05) is 13.0 Å². The van der Waals surface area contributed by atoms with Gasteiger partial charge in [0.1, 0.15) is 5.82 Å². The molecule has 2 N–H and O–H groups in total. The lowest BCUT2D eigenvalue weighted by atomic mass is 10.3. The van der Waals surface area contributed by atoms with Crippen LogP contribution in [0.25, 0.3) is 0 Å². The Labute approximate surface area is 79.6 Å². The van der Waals surface area contributed by atoms with Crippen molar-refractivity contribution in [1.29, 1.82) is 0 Å². The first kappa shape index (κ1) is 9.99. The lowest BCUT2D eigenvalue weighted by Gasteiger charge is -2.04. The summed E-state index contributed by atoms with van der Waals surface area (Å²) in [6, 6.07) is 4.10. The Morgan fingerprint density at radius 3 is 2.62 bits per heavy atom. The fourth-order valence-electron chi connectivity index (χ4n) is 1.08. The first-order chi connectivity index (χ1) is 6.36. The van der Waals surface area contributed by atoms with Gasteiger partial charge in [0, 0.05) is 19.3 Å². The minimum Gasteiger partial charge on any atom is -0.370 e. The summed E-state index contributed by atoms with van der Waals surface area (Å²) in [6.07, 6.45) is 1.90. The Bertz CT molecular complexity index is 230. The van der Waals surface area contributed by atoms with Crippen LogP contribution in [0.3, 0.4) is 0 Å². The zero-order valence-electron chi connectivity index (χ0n) is 8.30. The molecule has 0 aliphatic carbocycles. The standard InChI is InChI=1S/C10H17N3/c1-3-11-7-9-5-6-10(12-4-2)13-8-9/h5-6,8,11H,3-4,7H2,1-2H3,(H,12,13). The molecule has 1 heterocycles. The van der Waals surface area contributed by atoms with E-state index in [2.05, 4.69) is 35.5 Å². The molecule has 13 heavy (non-hydrogen) atoms. The maximum Gasteiger partial charge on any atom is 0.125 e. The largest absolute Gasteiger partial charge is 0.370 e. The molecule has 1 rings (SSSR count). The molecule has 0 saturated carbocycles. The van der Waals surface area contributed by atoms with Crippen molar-refractivity contribution in [3.8, 4) is 0 Å². The van der Waals surface area contributed by atoms with Gasteiger partial charge in [-0.15, -0.1) is 0 Å². The molecule has 1 aromatic rings. The van der Waals surface area contributed by atoms with Gasteiger partial charge in [0.25, 0.3) is 0 Å². The van der Waals surface area contributed by atoms with Crippen LogP contribution in [-0.2, 0) is 6.54 Å². The summed E-state index contributed by atoms with van der Waals surface area (Å²) in [5, 5.41) is 6.41. The van der Waals surface area contributed by atoms with Gasteiger partial charge in [0.15, 0.2) is 0 Å². The van der Waals surface area contributed by atoms with Gasteiger partial charge in [0.2, 0.25) is 0 Å². The van der Waals surface area contributed by atoms with E-state index in [0.717, 1.165) is 25.5 Å². The van der Waals surface area contributed by atoms with E-state index in [1.165, 1.54) is 5.56 Å². The van der Waals surface area contributed by atoms with Crippen LogP contribution in [0.4, 0.5) is 5.82 Å². The monoisotopic (exact) mass is 179 g/mol. The highest BCUT2D eigenvalue weighted by atomic mass is 15.0. The number of pyridine rings is 1. The van der Waals surface area contributed by atoms with Crippen molar-refractivity contribution in [2.24, 2.45) is 0 Å². The Morgan fingerprint density at radius 2 is 2.08 bits per heavy atom. The van der Waals surface area contributed by atoms with E-state index >= 15 is 0 Å². The third kappa shape index (κ3) is 3.42. The van der Waals surface area contributed by atoms with E-state index in [9.17, 15) is 0 Å². The Morgan fingerprint density at radius 1 is 1.23 bits per heavy atom. The summed E-state index contributed by atoms with van der Waals surface area (Å²) in [6.45, 7) is 6.97. The molecule has 72 valence electrons. The summed E-state index contributed by atoms with van der Waals surface area (Å²) < 4.78 is 0. The highest BCUT2D eigenvalue weighted by Crippen LogP contribution is 2.03. The molecule has 0 fully saturated rings. The summed E-state index contributed by atoms with van der Waals surface area (Å²) in [7, 11) is 0. The van der Waals surface area contributed by atoms with Gasteiger partial charge in [-0.05, 0) is 25.1 Å². The second-order valence-electron chi connectivity index (χ2n) is 2.86. The van der Waals surface area contributed by atoms with Gasteiger partial charge in [0.05, 0.1) is 0 Å². The van der Waals surface area contributed by atoms with E-state index in [0.29, 0.717) is 0 Å². The van der Waals surface area contributed by atoms with Crippen LogP contribution in [0.5, 0.6) is 0 Å². The van der Waals surface area contributed by atoms with Crippen LogP contribution in [0.1, 0.15) is 19.4 Å². The quantitative estimate of drug-likeness (QED) is 0.721. The van der Waals surface area contributed by atoms with E-state index in [-0.39, 0.29) is 0 Å². The normalized spacial score (nSPS) is 10.0. The first-order valence-electron chi connectivity index (χ1n) is 4.76. The number of aromatic nitrogens is 1. The average Bonchev–Trinajstić information content (AvgIpc) is 2.17. The predicted octanol–water partition coefficient (Wildman–Crippen LogP) is 1.62. The molecule has 0 aromatic carbocycles. The molecular formula is C10H17N3. The topological polar surface area (TPSA) is 37.0 Å². The second-order valence-corrected chi connectivity index (χ2v) is 2.86. The molecule has 1 aromatic heterocycles. The molecular weight excluding hydrogens is 162 g/mol. The third-order valence-corrected chi connectivity index (χ3v) is 1.76. The summed E-state index contributed by atoms with van der Waals surface area (Å²) >= 11 is 0. The molecule has 0 spiro atoms. The fraction of sp³-hybridized carbons (Fsp3) is 0.500. The molecule has 3 heteroatoms. The Hall–Kier alpha value is -1.09. The number of nitrogens with one attached hydrogen (secondary N) is 2. The smallest absolute Gasteiger partial charge is 0.125 e. The lowest BCUT2D eigenvalue weighted by Crippen LogP contribution is -2.12. The van der Waals surface area contributed by atoms with Crippen molar-refractivity contribution < 1.29 is 0 Å². The zero-order valence-corrected chi connectivity index (χ0v) is 8.30. The van der Waals surface area contributed by atoms with Crippen molar-refractivity contribution in [3.05, 3.63) is 23.9 Å². The van der Waals surface area contributed by atoms with Gasteiger partial charge in [-0.25, -0.2) is 4.98 Å². The fourth-order valence-corrected chi connectivity index (χ4v) is 1.08. The SMILES string of the molecule is CCNCc1ccc(NCC)nc1. The average molecular weight is 179 g/mol. The van der Waals surface area contributed by atoms with Gasteiger partial charge >= 0.3 is 0 Å². The van der Waals surface area contributed by atoms with Gasteiger partial charge in [-0.2, -0.15) is 0 Å². The van der Waals surface area contributed by atoms with Crippen LogP contribution in [-0.4, -0.2) is 18.1 Å². The van der Waals surface area contributed by atoms with Crippen molar-refractivity contribution >= 4 is 5.82 Å². The van der Waals surface area contributed by atoms with Crippen LogP contribution < -0.4 is 10.6 Å². The first-order valence-corrected chi connectivity index (χ1v) is 4.76. The van der Waals surface area contributed by atoms with E-state index < -0.39 is 0 Å². The van der Waals surface area contributed by atoms with Crippen LogP contribution in [0.2, 0.25) is 0 Å². The molecule has 0 radical (unpaired) electrons. The van der Waals surface area contributed by atoms with Crippen LogP contribution in [0, 0.1) is 0 Å². The highest BCUT2D eigenvalue weighted by Gasteiger charge is 1.93. The minimum absolute atomic E-state index is 0.899. The summed E-state index contributed by atoms with van der Waals surface area (Å²) in [5.41, 5.74) is 1.23.